The van der Waals surface area contributed by atoms with Crippen molar-refractivity contribution >= 4 is 15.9 Å². The molecular weight excluding hydrogens is 245 g/mol. The SMILES string of the molecule is CCCCC(N)c1cccc(F)c1Br. The summed E-state index contributed by atoms with van der Waals surface area (Å²) in [6.07, 6.45) is 3.09. The molecule has 0 heterocycles. The van der Waals surface area contributed by atoms with Crippen molar-refractivity contribution in [3.63, 3.8) is 0 Å². The zero-order valence-corrected chi connectivity index (χ0v) is 9.85. The quantitative estimate of drug-likeness (QED) is 0.875. The van der Waals surface area contributed by atoms with Gasteiger partial charge < -0.3 is 5.73 Å². The van der Waals surface area contributed by atoms with Gasteiger partial charge in [-0.1, -0.05) is 31.9 Å². The van der Waals surface area contributed by atoms with E-state index in [2.05, 4.69) is 22.9 Å². The maximum absolute atomic E-state index is 13.2. The maximum Gasteiger partial charge on any atom is 0.137 e. The van der Waals surface area contributed by atoms with E-state index < -0.39 is 0 Å². The van der Waals surface area contributed by atoms with Crippen molar-refractivity contribution in [2.24, 2.45) is 5.73 Å². The third-order valence-electron chi connectivity index (χ3n) is 2.25. The Morgan fingerprint density at radius 1 is 1.50 bits per heavy atom. The summed E-state index contributed by atoms with van der Waals surface area (Å²) in [6.45, 7) is 2.12. The third kappa shape index (κ3) is 2.79. The minimum Gasteiger partial charge on any atom is -0.324 e. The lowest BCUT2D eigenvalue weighted by Crippen LogP contribution is -2.11. The predicted molar refractivity (Wildman–Crippen MR) is 60.6 cm³/mol. The van der Waals surface area contributed by atoms with E-state index in [4.69, 9.17) is 5.73 Å². The third-order valence-corrected chi connectivity index (χ3v) is 3.09. The van der Waals surface area contributed by atoms with Crippen molar-refractivity contribution in [2.75, 3.05) is 0 Å². The molecule has 14 heavy (non-hydrogen) atoms. The van der Waals surface area contributed by atoms with Crippen LogP contribution in [0.4, 0.5) is 4.39 Å². The van der Waals surface area contributed by atoms with Gasteiger partial charge in [0.2, 0.25) is 0 Å². The van der Waals surface area contributed by atoms with E-state index in [0.717, 1.165) is 24.8 Å². The van der Waals surface area contributed by atoms with Gasteiger partial charge in [-0.25, -0.2) is 4.39 Å². The minimum absolute atomic E-state index is 0.0694. The number of halogens is 2. The van der Waals surface area contributed by atoms with Crippen LogP contribution in [-0.4, -0.2) is 0 Å². The van der Waals surface area contributed by atoms with Gasteiger partial charge >= 0.3 is 0 Å². The summed E-state index contributed by atoms with van der Waals surface area (Å²) < 4.78 is 13.7. The van der Waals surface area contributed by atoms with Gasteiger partial charge in [-0.3, -0.25) is 0 Å². The second kappa shape index (κ2) is 5.47. The highest BCUT2D eigenvalue weighted by atomic mass is 79.9. The fraction of sp³-hybridized carbons (Fsp3) is 0.455. The Hall–Kier alpha value is -0.410. The molecule has 0 saturated carbocycles. The Balaban J connectivity index is 2.79. The molecule has 0 bridgehead atoms. The van der Waals surface area contributed by atoms with Crippen molar-refractivity contribution in [2.45, 2.75) is 32.2 Å². The molecule has 0 aliphatic heterocycles. The van der Waals surface area contributed by atoms with E-state index in [0.29, 0.717) is 4.47 Å². The molecule has 78 valence electrons. The highest BCUT2D eigenvalue weighted by molar-refractivity contribution is 9.10. The number of rotatable bonds is 4. The van der Waals surface area contributed by atoms with Crippen molar-refractivity contribution in [3.8, 4) is 0 Å². The molecule has 1 nitrogen and oxygen atoms in total. The first-order valence-electron chi connectivity index (χ1n) is 4.86. The largest absolute Gasteiger partial charge is 0.324 e. The van der Waals surface area contributed by atoms with E-state index in [-0.39, 0.29) is 11.9 Å². The number of unbranched alkanes of at least 4 members (excludes halogenated alkanes) is 1. The lowest BCUT2D eigenvalue weighted by Gasteiger charge is -2.13. The minimum atomic E-state index is -0.241. The molecular formula is C11H15BrFN. The summed E-state index contributed by atoms with van der Waals surface area (Å²) in [4.78, 5) is 0. The Bertz CT molecular complexity index is 301. The lowest BCUT2D eigenvalue weighted by atomic mass is 10.0. The van der Waals surface area contributed by atoms with Crippen LogP contribution < -0.4 is 5.73 Å². The van der Waals surface area contributed by atoms with Gasteiger partial charge in [0.25, 0.3) is 0 Å². The van der Waals surface area contributed by atoms with Gasteiger partial charge in [0.05, 0.1) is 4.47 Å². The first kappa shape index (κ1) is 11.7. The molecule has 0 aromatic heterocycles. The Kier molecular flexibility index (Phi) is 4.55. The van der Waals surface area contributed by atoms with Gasteiger partial charge in [0, 0.05) is 6.04 Å². The van der Waals surface area contributed by atoms with Crippen LogP contribution in [0.2, 0.25) is 0 Å². The standard InChI is InChI=1S/C11H15BrFN/c1-2-3-7-10(14)8-5-4-6-9(13)11(8)12/h4-6,10H,2-3,7,14H2,1H3. The number of hydrogen-bond donors (Lipinski definition) is 1. The number of benzene rings is 1. The molecule has 0 fully saturated rings. The van der Waals surface area contributed by atoms with Crippen LogP contribution in [0.5, 0.6) is 0 Å². The zero-order valence-electron chi connectivity index (χ0n) is 8.26. The average molecular weight is 260 g/mol. The molecule has 1 aromatic carbocycles. The fourth-order valence-corrected chi connectivity index (χ4v) is 1.94. The van der Waals surface area contributed by atoms with Gasteiger partial charge in [-0.15, -0.1) is 0 Å². The van der Waals surface area contributed by atoms with Gasteiger partial charge in [-0.2, -0.15) is 0 Å². The topological polar surface area (TPSA) is 26.0 Å². The van der Waals surface area contributed by atoms with E-state index >= 15 is 0 Å². The first-order valence-corrected chi connectivity index (χ1v) is 5.65. The normalized spacial score (nSPS) is 12.9. The fourth-order valence-electron chi connectivity index (χ4n) is 1.39. The van der Waals surface area contributed by atoms with Crippen LogP contribution in [0.3, 0.4) is 0 Å². The Morgan fingerprint density at radius 3 is 2.86 bits per heavy atom. The molecule has 2 N–H and O–H groups in total. The second-order valence-corrected chi connectivity index (χ2v) is 4.18. The molecule has 0 spiro atoms. The molecule has 0 aliphatic carbocycles. The zero-order chi connectivity index (χ0) is 10.6. The Morgan fingerprint density at radius 2 is 2.21 bits per heavy atom. The smallest absolute Gasteiger partial charge is 0.137 e. The van der Waals surface area contributed by atoms with Crippen LogP contribution >= 0.6 is 15.9 Å². The van der Waals surface area contributed by atoms with Gasteiger partial charge in [0.1, 0.15) is 5.82 Å². The monoisotopic (exact) mass is 259 g/mol. The van der Waals surface area contributed by atoms with Gasteiger partial charge in [-0.05, 0) is 34.0 Å². The predicted octanol–water partition coefficient (Wildman–Crippen LogP) is 3.78. The van der Waals surface area contributed by atoms with E-state index in [1.54, 1.807) is 6.07 Å². The number of nitrogens with two attached hydrogens (primary N) is 1. The van der Waals surface area contributed by atoms with Crippen molar-refractivity contribution in [1.82, 2.24) is 0 Å². The highest BCUT2D eigenvalue weighted by Gasteiger charge is 2.11. The molecule has 1 rings (SSSR count). The molecule has 3 heteroatoms. The van der Waals surface area contributed by atoms with Crippen molar-refractivity contribution in [3.05, 3.63) is 34.1 Å². The van der Waals surface area contributed by atoms with Crippen LogP contribution in [0.25, 0.3) is 0 Å². The lowest BCUT2D eigenvalue weighted by molar-refractivity contribution is 0.582. The van der Waals surface area contributed by atoms with Gasteiger partial charge in [0.15, 0.2) is 0 Å². The summed E-state index contributed by atoms with van der Waals surface area (Å²) in [6, 6.07) is 4.93. The molecule has 1 unspecified atom stereocenters. The van der Waals surface area contributed by atoms with Crippen molar-refractivity contribution in [1.29, 1.82) is 0 Å². The maximum atomic E-state index is 13.2. The molecule has 1 atom stereocenters. The molecule has 0 radical (unpaired) electrons. The van der Waals surface area contributed by atoms with Crippen LogP contribution in [0.1, 0.15) is 37.8 Å². The van der Waals surface area contributed by atoms with Crippen molar-refractivity contribution < 1.29 is 4.39 Å². The van der Waals surface area contributed by atoms with Crippen LogP contribution in [-0.2, 0) is 0 Å². The average Bonchev–Trinajstić information content (AvgIpc) is 2.18. The summed E-state index contributed by atoms with van der Waals surface area (Å²) in [5.74, 6) is -0.241. The van der Waals surface area contributed by atoms with Crippen LogP contribution in [0, 0.1) is 5.82 Å². The van der Waals surface area contributed by atoms with E-state index in [9.17, 15) is 4.39 Å². The Labute approximate surface area is 92.6 Å². The summed E-state index contributed by atoms with van der Waals surface area (Å²) in [5.41, 5.74) is 6.81. The molecule has 0 aliphatic rings. The molecule has 0 amide bonds. The second-order valence-electron chi connectivity index (χ2n) is 3.39. The highest BCUT2D eigenvalue weighted by Crippen LogP contribution is 2.27. The van der Waals surface area contributed by atoms with Crippen LogP contribution in [0.15, 0.2) is 22.7 Å². The molecule has 1 aromatic rings. The summed E-state index contributed by atoms with van der Waals surface area (Å²) in [7, 11) is 0. The summed E-state index contributed by atoms with van der Waals surface area (Å²) in [5, 5.41) is 0. The summed E-state index contributed by atoms with van der Waals surface area (Å²) >= 11 is 3.22. The number of hydrogen-bond acceptors (Lipinski definition) is 1. The molecule has 0 saturated heterocycles. The first-order chi connectivity index (χ1) is 6.66. The van der Waals surface area contributed by atoms with E-state index in [1.807, 2.05) is 6.07 Å². The van der Waals surface area contributed by atoms with E-state index in [1.165, 1.54) is 6.07 Å².